The SMILES string of the molecule is Brc1cnn([C@H]2CCC[C@@H](N3CCOCC3)C2)c1. The summed E-state index contributed by atoms with van der Waals surface area (Å²) < 4.78 is 8.66. The molecule has 0 bridgehead atoms. The van der Waals surface area contributed by atoms with Crippen molar-refractivity contribution in [2.45, 2.75) is 37.8 Å². The maximum atomic E-state index is 5.44. The van der Waals surface area contributed by atoms with Gasteiger partial charge in [0.15, 0.2) is 0 Å². The van der Waals surface area contributed by atoms with Crippen LogP contribution in [0.15, 0.2) is 16.9 Å². The van der Waals surface area contributed by atoms with Crippen LogP contribution in [0.4, 0.5) is 0 Å². The van der Waals surface area contributed by atoms with Gasteiger partial charge < -0.3 is 4.74 Å². The molecule has 2 atom stereocenters. The van der Waals surface area contributed by atoms with Crippen molar-refractivity contribution in [3.05, 3.63) is 16.9 Å². The van der Waals surface area contributed by atoms with E-state index in [1.807, 2.05) is 6.20 Å². The summed E-state index contributed by atoms with van der Waals surface area (Å²) in [6.45, 7) is 3.99. The van der Waals surface area contributed by atoms with Crippen molar-refractivity contribution >= 4 is 15.9 Å². The molecule has 2 aliphatic rings. The topological polar surface area (TPSA) is 30.3 Å². The van der Waals surface area contributed by atoms with Crippen molar-refractivity contribution in [1.29, 1.82) is 0 Å². The first-order valence-electron chi connectivity index (χ1n) is 6.84. The quantitative estimate of drug-likeness (QED) is 0.840. The fraction of sp³-hybridized carbons (Fsp3) is 0.769. The van der Waals surface area contributed by atoms with Gasteiger partial charge in [0.05, 0.1) is 29.9 Å². The van der Waals surface area contributed by atoms with Crippen LogP contribution in [0.2, 0.25) is 0 Å². The van der Waals surface area contributed by atoms with E-state index < -0.39 is 0 Å². The smallest absolute Gasteiger partial charge is 0.0632 e. The maximum Gasteiger partial charge on any atom is 0.0632 e. The number of ether oxygens (including phenoxy) is 1. The second kappa shape index (κ2) is 5.72. The highest BCUT2D eigenvalue weighted by molar-refractivity contribution is 9.10. The lowest BCUT2D eigenvalue weighted by Crippen LogP contribution is -2.45. The normalized spacial score (nSPS) is 30.5. The second-order valence-corrected chi connectivity index (χ2v) is 6.18. The Bertz CT molecular complexity index is 389. The number of halogens is 1. The lowest BCUT2D eigenvalue weighted by atomic mass is 9.90. The van der Waals surface area contributed by atoms with Gasteiger partial charge in [-0.2, -0.15) is 5.10 Å². The molecule has 1 aliphatic heterocycles. The molecule has 5 heteroatoms. The molecule has 1 saturated carbocycles. The van der Waals surface area contributed by atoms with Gasteiger partial charge in [-0.05, 0) is 41.6 Å². The minimum atomic E-state index is 0.567. The molecule has 0 spiro atoms. The van der Waals surface area contributed by atoms with E-state index in [9.17, 15) is 0 Å². The van der Waals surface area contributed by atoms with Crippen molar-refractivity contribution < 1.29 is 4.74 Å². The molecular formula is C13H20BrN3O. The van der Waals surface area contributed by atoms with E-state index in [-0.39, 0.29) is 0 Å². The fourth-order valence-corrected chi connectivity index (χ4v) is 3.47. The molecule has 2 fully saturated rings. The number of aromatic nitrogens is 2. The number of hydrogen-bond acceptors (Lipinski definition) is 3. The van der Waals surface area contributed by atoms with E-state index in [0.717, 1.165) is 36.8 Å². The molecule has 3 rings (SSSR count). The van der Waals surface area contributed by atoms with Crippen molar-refractivity contribution in [3.8, 4) is 0 Å². The van der Waals surface area contributed by atoms with Crippen LogP contribution in [0.5, 0.6) is 0 Å². The number of rotatable bonds is 2. The summed E-state index contributed by atoms with van der Waals surface area (Å²) in [7, 11) is 0. The molecule has 18 heavy (non-hydrogen) atoms. The summed E-state index contributed by atoms with van der Waals surface area (Å²) >= 11 is 3.48. The lowest BCUT2D eigenvalue weighted by molar-refractivity contribution is 0.00313. The Kier molecular flexibility index (Phi) is 4.01. The summed E-state index contributed by atoms with van der Waals surface area (Å²) in [5, 5.41) is 4.45. The van der Waals surface area contributed by atoms with Gasteiger partial charge in [-0.25, -0.2) is 0 Å². The van der Waals surface area contributed by atoms with E-state index in [0.29, 0.717) is 6.04 Å². The number of morpholine rings is 1. The first-order chi connectivity index (χ1) is 8.83. The summed E-state index contributed by atoms with van der Waals surface area (Å²) in [6, 6.07) is 1.29. The third-order valence-corrected chi connectivity index (χ3v) is 4.53. The Morgan fingerprint density at radius 2 is 2.00 bits per heavy atom. The third-order valence-electron chi connectivity index (χ3n) is 4.13. The largest absolute Gasteiger partial charge is 0.379 e. The predicted octanol–water partition coefficient (Wildman–Crippen LogP) is 2.46. The standard InChI is InChI=1S/C13H20BrN3O/c14-11-9-15-17(10-11)13-3-1-2-12(8-13)16-4-6-18-7-5-16/h9-10,12-13H,1-8H2/t12-,13+/m1/s1. The monoisotopic (exact) mass is 313 g/mol. The van der Waals surface area contributed by atoms with Crippen molar-refractivity contribution in [1.82, 2.24) is 14.7 Å². The highest BCUT2D eigenvalue weighted by Crippen LogP contribution is 2.31. The van der Waals surface area contributed by atoms with Crippen molar-refractivity contribution in [2.75, 3.05) is 26.3 Å². The van der Waals surface area contributed by atoms with Gasteiger partial charge in [-0.1, -0.05) is 0 Å². The Morgan fingerprint density at radius 3 is 2.72 bits per heavy atom. The number of hydrogen-bond donors (Lipinski definition) is 0. The van der Waals surface area contributed by atoms with Gasteiger partial charge in [0.1, 0.15) is 0 Å². The van der Waals surface area contributed by atoms with Crippen LogP contribution in [-0.4, -0.2) is 47.0 Å². The zero-order valence-electron chi connectivity index (χ0n) is 10.6. The van der Waals surface area contributed by atoms with Crippen LogP contribution in [0.1, 0.15) is 31.7 Å². The summed E-state index contributed by atoms with van der Waals surface area (Å²) in [6.07, 6.45) is 9.12. The van der Waals surface area contributed by atoms with Gasteiger partial charge in [-0.15, -0.1) is 0 Å². The average Bonchev–Trinajstić information content (AvgIpc) is 2.87. The second-order valence-electron chi connectivity index (χ2n) is 5.26. The van der Waals surface area contributed by atoms with E-state index >= 15 is 0 Å². The van der Waals surface area contributed by atoms with Gasteiger partial charge in [0, 0.05) is 25.3 Å². The molecule has 0 aromatic carbocycles. The zero-order valence-corrected chi connectivity index (χ0v) is 12.2. The van der Waals surface area contributed by atoms with Crippen molar-refractivity contribution in [3.63, 3.8) is 0 Å². The Balaban J connectivity index is 1.64. The van der Waals surface area contributed by atoms with E-state index in [2.05, 4.69) is 36.8 Å². The Labute approximate surface area is 116 Å². The van der Waals surface area contributed by atoms with E-state index in [1.54, 1.807) is 0 Å². The first-order valence-corrected chi connectivity index (χ1v) is 7.63. The molecule has 0 amide bonds. The van der Waals surface area contributed by atoms with Crippen molar-refractivity contribution in [2.24, 2.45) is 0 Å². The molecule has 0 N–H and O–H groups in total. The van der Waals surface area contributed by atoms with Gasteiger partial charge in [0.25, 0.3) is 0 Å². The van der Waals surface area contributed by atoms with Crippen LogP contribution in [0, 0.1) is 0 Å². The molecule has 1 saturated heterocycles. The van der Waals surface area contributed by atoms with Gasteiger partial charge >= 0.3 is 0 Å². The Morgan fingerprint density at radius 1 is 1.22 bits per heavy atom. The van der Waals surface area contributed by atoms with Crippen LogP contribution in [-0.2, 0) is 4.74 Å². The molecule has 100 valence electrons. The molecule has 1 aromatic heterocycles. The molecular weight excluding hydrogens is 294 g/mol. The summed E-state index contributed by atoms with van der Waals surface area (Å²) in [5.41, 5.74) is 0. The van der Waals surface area contributed by atoms with E-state index in [4.69, 9.17) is 4.74 Å². The van der Waals surface area contributed by atoms with E-state index in [1.165, 1.54) is 25.7 Å². The molecule has 2 heterocycles. The Hall–Kier alpha value is -0.390. The number of nitrogens with zero attached hydrogens (tertiary/aromatic N) is 3. The molecule has 4 nitrogen and oxygen atoms in total. The first kappa shape index (κ1) is 12.6. The highest BCUT2D eigenvalue weighted by atomic mass is 79.9. The van der Waals surface area contributed by atoms with Crippen LogP contribution >= 0.6 is 15.9 Å². The van der Waals surface area contributed by atoms with Crippen LogP contribution < -0.4 is 0 Å². The average molecular weight is 314 g/mol. The van der Waals surface area contributed by atoms with Crippen LogP contribution in [0.3, 0.4) is 0 Å². The molecule has 0 unspecified atom stereocenters. The summed E-state index contributed by atoms with van der Waals surface area (Å²) in [5.74, 6) is 0. The highest BCUT2D eigenvalue weighted by Gasteiger charge is 2.28. The maximum absolute atomic E-state index is 5.44. The molecule has 1 aromatic rings. The fourth-order valence-electron chi connectivity index (χ4n) is 3.17. The van der Waals surface area contributed by atoms with Crippen LogP contribution in [0.25, 0.3) is 0 Å². The minimum absolute atomic E-state index is 0.567. The summed E-state index contributed by atoms with van der Waals surface area (Å²) in [4.78, 5) is 2.61. The van der Waals surface area contributed by atoms with Gasteiger partial charge in [0.2, 0.25) is 0 Å². The molecule has 0 radical (unpaired) electrons. The van der Waals surface area contributed by atoms with Gasteiger partial charge in [-0.3, -0.25) is 9.58 Å². The third kappa shape index (κ3) is 2.78. The minimum Gasteiger partial charge on any atom is -0.379 e. The predicted molar refractivity (Wildman–Crippen MR) is 73.6 cm³/mol. The molecule has 1 aliphatic carbocycles. The zero-order chi connectivity index (χ0) is 12.4. The lowest BCUT2D eigenvalue weighted by Gasteiger charge is -2.39.